The first-order chi connectivity index (χ1) is 13.4. The first-order valence-electron chi connectivity index (χ1n) is 8.30. The highest BCUT2D eigenvalue weighted by molar-refractivity contribution is 6.35. The maximum atomic E-state index is 12.1. The van der Waals surface area contributed by atoms with Gasteiger partial charge in [0.1, 0.15) is 0 Å². The van der Waals surface area contributed by atoms with Crippen LogP contribution in [0.1, 0.15) is 23.8 Å². The molecule has 0 N–H and O–H groups in total. The van der Waals surface area contributed by atoms with Crippen LogP contribution in [0.5, 0.6) is 5.75 Å². The van der Waals surface area contributed by atoms with Crippen LogP contribution < -0.4 is 4.74 Å². The SMILES string of the molecule is O=C(/C=C/c1ccc(Cl)cc1Cl)Oc1ccc(C2OCCCO2)cc1[N+](=O)[O-]. The molecular weight excluding hydrogens is 409 g/mol. The minimum atomic E-state index is -0.785. The lowest BCUT2D eigenvalue weighted by molar-refractivity contribution is -0.385. The van der Waals surface area contributed by atoms with Gasteiger partial charge in [-0.25, -0.2) is 4.79 Å². The molecule has 1 heterocycles. The van der Waals surface area contributed by atoms with Gasteiger partial charge in [-0.05, 0) is 42.3 Å². The fourth-order valence-electron chi connectivity index (χ4n) is 2.53. The van der Waals surface area contributed by atoms with Gasteiger partial charge in [0.25, 0.3) is 0 Å². The molecule has 1 fully saturated rings. The van der Waals surface area contributed by atoms with Crippen LogP contribution in [0.3, 0.4) is 0 Å². The molecule has 0 amide bonds. The van der Waals surface area contributed by atoms with Gasteiger partial charge in [-0.2, -0.15) is 0 Å². The first-order valence-corrected chi connectivity index (χ1v) is 9.06. The number of benzene rings is 2. The van der Waals surface area contributed by atoms with E-state index in [-0.39, 0.29) is 11.4 Å². The van der Waals surface area contributed by atoms with E-state index < -0.39 is 17.2 Å². The third kappa shape index (κ3) is 5.08. The van der Waals surface area contributed by atoms with Gasteiger partial charge in [0.2, 0.25) is 5.75 Å². The molecule has 9 heteroatoms. The number of carbonyl (C=O) groups excluding carboxylic acids is 1. The van der Waals surface area contributed by atoms with Crippen molar-refractivity contribution in [3.05, 3.63) is 73.8 Å². The van der Waals surface area contributed by atoms with Gasteiger partial charge < -0.3 is 14.2 Å². The highest BCUT2D eigenvalue weighted by Crippen LogP contribution is 2.33. The molecule has 28 heavy (non-hydrogen) atoms. The number of esters is 1. The summed E-state index contributed by atoms with van der Waals surface area (Å²) in [6.45, 7) is 1.01. The van der Waals surface area contributed by atoms with E-state index in [1.807, 2.05) is 0 Å². The zero-order valence-corrected chi connectivity index (χ0v) is 16.0. The van der Waals surface area contributed by atoms with Crippen LogP contribution in [0.25, 0.3) is 6.08 Å². The summed E-state index contributed by atoms with van der Waals surface area (Å²) >= 11 is 11.9. The van der Waals surface area contributed by atoms with Crippen molar-refractivity contribution in [3.63, 3.8) is 0 Å². The molecule has 1 saturated heterocycles. The molecule has 0 unspecified atom stereocenters. The van der Waals surface area contributed by atoms with Crippen LogP contribution in [-0.4, -0.2) is 24.1 Å². The lowest BCUT2D eigenvalue weighted by Gasteiger charge is -2.23. The molecule has 1 aliphatic rings. The van der Waals surface area contributed by atoms with E-state index in [2.05, 4.69) is 0 Å². The van der Waals surface area contributed by atoms with E-state index in [9.17, 15) is 14.9 Å². The summed E-state index contributed by atoms with van der Waals surface area (Å²) in [6.07, 6.45) is 2.65. The van der Waals surface area contributed by atoms with Crippen LogP contribution in [-0.2, 0) is 14.3 Å². The molecule has 2 aromatic rings. The molecule has 0 spiro atoms. The molecule has 2 aromatic carbocycles. The summed E-state index contributed by atoms with van der Waals surface area (Å²) in [6, 6.07) is 8.97. The molecule has 0 bridgehead atoms. The Hall–Kier alpha value is -2.45. The minimum absolute atomic E-state index is 0.179. The maximum absolute atomic E-state index is 12.1. The zero-order chi connectivity index (χ0) is 20.1. The number of nitro groups is 1. The van der Waals surface area contributed by atoms with Crippen LogP contribution in [0.4, 0.5) is 5.69 Å². The van der Waals surface area contributed by atoms with Crippen molar-refractivity contribution in [1.82, 2.24) is 0 Å². The summed E-state index contributed by atoms with van der Waals surface area (Å²) in [7, 11) is 0. The second kappa shape index (κ2) is 9.16. The Morgan fingerprint density at radius 3 is 2.61 bits per heavy atom. The van der Waals surface area contributed by atoms with Gasteiger partial charge >= 0.3 is 11.7 Å². The second-order valence-electron chi connectivity index (χ2n) is 5.83. The number of halogens is 2. The van der Waals surface area contributed by atoms with E-state index in [1.165, 1.54) is 24.3 Å². The van der Waals surface area contributed by atoms with Gasteiger partial charge in [0.15, 0.2) is 6.29 Å². The van der Waals surface area contributed by atoms with Crippen LogP contribution in [0.15, 0.2) is 42.5 Å². The quantitative estimate of drug-likeness (QED) is 0.222. The Morgan fingerprint density at radius 1 is 1.18 bits per heavy atom. The molecule has 0 aliphatic carbocycles. The van der Waals surface area contributed by atoms with Gasteiger partial charge in [0, 0.05) is 27.8 Å². The molecule has 146 valence electrons. The van der Waals surface area contributed by atoms with Crippen molar-refractivity contribution < 1.29 is 23.9 Å². The fraction of sp³-hybridized carbons (Fsp3) is 0.211. The van der Waals surface area contributed by atoms with E-state index in [0.29, 0.717) is 34.4 Å². The van der Waals surface area contributed by atoms with Crippen molar-refractivity contribution in [2.75, 3.05) is 13.2 Å². The summed E-state index contributed by atoms with van der Waals surface area (Å²) in [5.41, 5.74) is 0.677. The summed E-state index contributed by atoms with van der Waals surface area (Å²) < 4.78 is 16.0. The number of nitro benzene ring substituents is 1. The maximum Gasteiger partial charge on any atom is 0.336 e. The van der Waals surface area contributed by atoms with Crippen molar-refractivity contribution in [2.45, 2.75) is 12.7 Å². The van der Waals surface area contributed by atoms with Crippen LogP contribution in [0.2, 0.25) is 10.0 Å². The predicted octanol–water partition coefficient (Wildman–Crippen LogP) is 4.96. The van der Waals surface area contributed by atoms with Gasteiger partial charge in [0.05, 0.1) is 18.1 Å². The zero-order valence-electron chi connectivity index (χ0n) is 14.5. The highest BCUT2D eigenvalue weighted by atomic mass is 35.5. The van der Waals surface area contributed by atoms with E-state index >= 15 is 0 Å². The molecule has 1 aliphatic heterocycles. The third-order valence-corrected chi connectivity index (χ3v) is 4.41. The number of ether oxygens (including phenoxy) is 3. The lowest BCUT2D eigenvalue weighted by Crippen LogP contribution is -2.18. The summed E-state index contributed by atoms with van der Waals surface area (Å²) in [5.74, 6) is -0.964. The Bertz CT molecular complexity index is 925. The lowest BCUT2D eigenvalue weighted by atomic mass is 10.1. The van der Waals surface area contributed by atoms with Crippen LogP contribution >= 0.6 is 23.2 Å². The monoisotopic (exact) mass is 423 g/mol. The fourth-order valence-corrected chi connectivity index (χ4v) is 3.00. The molecule has 0 saturated carbocycles. The normalized spacial score (nSPS) is 14.9. The Labute approximate surface area is 170 Å². The standard InChI is InChI=1S/C19H15Cl2NO6/c20-14-5-2-12(15(21)11-14)4-7-18(23)28-17-6-3-13(10-16(17)22(24)25)19-26-8-1-9-27-19/h2-7,10-11,19H,1,8-9H2/b7-4+. The van der Waals surface area contributed by atoms with E-state index in [4.69, 9.17) is 37.4 Å². The first kappa shape index (κ1) is 20.3. The number of nitrogens with zero attached hydrogens (tertiary/aromatic N) is 1. The summed E-state index contributed by atoms with van der Waals surface area (Å²) in [4.78, 5) is 22.8. The molecule has 3 rings (SSSR count). The number of rotatable bonds is 5. The van der Waals surface area contributed by atoms with Crippen molar-refractivity contribution in [3.8, 4) is 5.75 Å². The average Bonchev–Trinajstić information content (AvgIpc) is 2.68. The average molecular weight is 424 g/mol. The Balaban J connectivity index is 1.76. The van der Waals surface area contributed by atoms with E-state index in [0.717, 1.165) is 12.5 Å². The Morgan fingerprint density at radius 2 is 1.93 bits per heavy atom. The van der Waals surface area contributed by atoms with Gasteiger partial charge in [-0.1, -0.05) is 29.3 Å². The van der Waals surface area contributed by atoms with Gasteiger partial charge in [-0.15, -0.1) is 0 Å². The van der Waals surface area contributed by atoms with E-state index in [1.54, 1.807) is 18.2 Å². The molecule has 7 nitrogen and oxygen atoms in total. The predicted molar refractivity (Wildman–Crippen MR) is 103 cm³/mol. The highest BCUT2D eigenvalue weighted by Gasteiger charge is 2.23. The smallest absolute Gasteiger partial charge is 0.336 e. The molecule has 0 aromatic heterocycles. The molecule has 0 atom stereocenters. The van der Waals surface area contributed by atoms with Crippen LogP contribution in [0, 0.1) is 10.1 Å². The minimum Gasteiger partial charge on any atom is -0.416 e. The largest absolute Gasteiger partial charge is 0.416 e. The summed E-state index contributed by atoms with van der Waals surface area (Å²) in [5, 5.41) is 12.2. The number of carbonyl (C=O) groups is 1. The third-order valence-electron chi connectivity index (χ3n) is 3.85. The number of hydrogen-bond donors (Lipinski definition) is 0. The topological polar surface area (TPSA) is 87.9 Å². The molecule has 0 radical (unpaired) electrons. The molecular formula is C19H15Cl2NO6. The van der Waals surface area contributed by atoms with Crippen molar-refractivity contribution in [2.24, 2.45) is 0 Å². The number of hydrogen-bond acceptors (Lipinski definition) is 6. The second-order valence-corrected chi connectivity index (χ2v) is 6.68. The van der Waals surface area contributed by atoms with Gasteiger partial charge in [-0.3, -0.25) is 10.1 Å². The van der Waals surface area contributed by atoms with Crippen molar-refractivity contribution in [1.29, 1.82) is 0 Å². The van der Waals surface area contributed by atoms with Crippen molar-refractivity contribution >= 4 is 40.9 Å². The Kier molecular flexibility index (Phi) is 6.64.